The predicted molar refractivity (Wildman–Crippen MR) is 358 cm³/mol. The number of hydrogen-bond acceptors (Lipinski definition) is 6. The first-order valence-corrected chi connectivity index (χ1v) is 35.6. The van der Waals surface area contributed by atoms with Crippen molar-refractivity contribution in [3.8, 4) is 0 Å². The molecule has 0 aromatic heterocycles. The minimum absolute atomic E-state index is 0.0802. The molecule has 0 saturated carbocycles. The highest BCUT2D eigenvalue weighted by Gasteiger charge is 2.19. The third kappa shape index (κ3) is 67.4. The highest BCUT2D eigenvalue weighted by molar-refractivity contribution is 5.71. The summed E-state index contributed by atoms with van der Waals surface area (Å²) in [7, 11) is 0. The Balaban J connectivity index is 4.22. The largest absolute Gasteiger partial charge is 0.462 e. The van der Waals surface area contributed by atoms with Gasteiger partial charge in [0.15, 0.2) is 6.10 Å². The van der Waals surface area contributed by atoms with E-state index >= 15 is 0 Å². The van der Waals surface area contributed by atoms with Gasteiger partial charge in [0.2, 0.25) is 0 Å². The Bertz CT molecular complexity index is 1550. The predicted octanol–water partition coefficient (Wildman–Crippen LogP) is 24.6. The van der Waals surface area contributed by atoms with E-state index < -0.39 is 6.10 Å². The number of ether oxygens (including phenoxy) is 3. The molecule has 0 rings (SSSR count). The zero-order valence-electron chi connectivity index (χ0n) is 54.5. The molecule has 0 spiro atoms. The molecule has 0 radical (unpaired) electrons. The number of rotatable bonds is 65. The summed E-state index contributed by atoms with van der Waals surface area (Å²) in [5.74, 6) is -0.879. The molecule has 82 heavy (non-hydrogen) atoms. The van der Waals surface area contributed by atoms with Crippen molar-refractivity contribution in [1.29, 1.82) is 0 Å². The quantitative estimate of drug-likeness (QED) is 0.0261. The van der Waals surface area contributed by atoms with E-state index in [-0.39, 0.29) is 31.1 Å². The van der Waals surface area contributed by atoms with Crippen LogP contribution in [0.3, 0.4) is 0 Å². The van der Waals surface area contributed by atoms with E-state index in [1.807, 2.05) is 0 Å². The SMILES string of the molecule is CC/C=C\C/C=C\C/C=C\C/C=C\C/C=C\C/C=C\CCCCCCCCCCC(=O)OCC(COC(=O)CCCCCCC/C=C\CCCC)OC(=O)CCCCCCCCCCCCCCCCCCCCCCCCCCCC. The van der Waals surface area contributed by atoms with E-state index in [2.05, 4.69) is 106 Å². The molecule has 0 aromatic rings. The standard InChI is InChI=1S/C76H134O6/c1-4-7-10-13-16-19-22-24-26-28-30-32-34-36-38-40-41-43-45-47-49-51-54-57-60-63-66-69-75(78)81-72-73(71-80-74(77)68-65-62-59-56-53-21-18-15-12-9-6-3)82-76(79)70-67-64-61-58-55-52-50-48-46-44-42-39-37-35-33-31-29-27-25-23-20-17-14-11-8-5-2/h7,10,15-16,18-19,24,26,30,32,36,38,41,43,73H,4-6,8-9,11-14,17,20-23,25,27-29,31,33-35,37,39-40,42,44-72H2,1-3H3/b10-7-,18-15-,19-16-,26-24-,32-30-,38-36-,43-41-. The van der Waals surface area contributed by atoms with Crippen LogP contribution in [-0.4, -0.2) is 37.2 Å². The summed E-state index contributed by atoms with van der Waals surface area (Å²) in [6, 6.07) is 0. The monoisotopic (exact) mass is 1140 g/mol. The van der Waals surface area contributed by atoms with E-state index in [0.717, 1.165) is 109 Å². The number of hydrogen-bond donors (Lipinski definition) is 0. The van der Waals surface area contributed by atoms with E-state index in [1.54, 1.807) is 0 Å². The van der Waals surface area contributed by atoms with Crippen LogP contribution in [0.15, 0.2) is 85.1 Å². The van der Waals surface area contributed by atoms with Gasteiger partial charge in [-0.2, -0.15) is 0 Å². The van der Waals surface area contributed by atoms with Crippen LogP contribution in [0.5, 0.6) is 0 Å². The van der Waals surface area contributed by atoms with Crippen LogP contribution in [0.25, 0.3) is 0 Å². The first kappa shape index (κ1) is 78.6. The lowest BCUT2D eigenvalue weighted by Gasteiger charge is -2.18. The first-order chi connectivity index (χ1) is 40.5. The molecule has 6 heteroatoms. The average molecular weight is 1140 g/mol. The lowest BCUT2D eigenvalue weighted by molar-refractivity contribution is -0.167. The van der Waals surface area contributed by atoms with Gasteiger partial charge in [-0.1, -0.05) is 337 Å². The number of carbonyl (C=O) groups is 3. The van der Waals surface area contributed by atoms with Gasteiger partial charge in [0.05, 0.1) is 0 Å². The Morgan fingerprint density at radius 3 is 0.793 bits per heavy atom. The van der Waals surface area contributed by atoms with Gasteiger partial charge in [-0.3, -0.25) is 14.4 Å². The Hall–Kier alpha value is -3.41. The van der Waals surface area contributed by atoms with E-state index in [4.69, 9.17) is 14.2 Å². The van der Waals surface area contributed by atoms with Crippen LogP contribution in [0.2, 0.25) is 0 Å². The minimum atomic E-state index is -0.783. The number of allylic oxidation sites excluding steroid dienone is 14. The highest BCUT2D eigenvalue weighted by atomic mass is 16.6. The second kappa shape index (κ2) is 70.1. The molecule has 0 aliphatic carbocycles. The molecule has 0 aromatic carbocycles. The highest BCUT2D eigenvalue weighted by Crippen LogP contribution is 2.18. The maximum atomic E-state index is 12.9. The minimum Gasteiger partial charge on any atom is -0.462 e. The van der Waals surface area contributed by atoms with Gasteiger partial charge in [-0.15, -0.1) is 0 Å². The number of esters is 3. The van der Waals surface area contributed by atoms with Crippen molar-refractivity contribution < 1.29 is 28.6 Å². The molecule has 474 valence electrons. The fraction of sp³-hybridized carbons (Fsp3) is 0.776. The fourth-order valence-corrected chi connectivity index (χ4v) is 10.3. The van der Waals surface area contributed by atoms with Crippen molar-refractivity contribution in [3.63, 3.8) is 0 Å². The molecule has 0 amide bonds. The first-order valence-electron chi connectivity index (χ1n) is 35.6. The van der Waals surface area contributed by atoms with Crippen LogP contribution >= 0.6 is 0 Å². The molecule has 0 fully saturated rings. The van der Waals surface area contributed by atoms with Gasteiger partial charge in [-0.05, 0) is 89.9 Å². The fourth-order valence-electron chi connectivity index (χ4n) is 10.3. The summed E-state index contributed by atoms with van der Waals surface area (Å²) >= 11 is 0. The molecule has 0 aliphatic rings. The molecule has 0 aliphatic heterocycles. The molecular weight excluding hydrogens is 1010 g/mol. The van der Waals surface area contributed by atoms with E-state index in [0.29, 0.717) is 19.3 Å². The third-order valence-corrected chi connectivity index (χ3v) is 15.6. The molecule has 1 atom stereocenters. The van der Waals surface area contributed by atoms with Crippen LogP contribution in [0, 0.1) is 0 Å². The summed E-state index contributed by atoms with van der Waals surface area (Å²) in [4.78, 5) is 38.4. The molecule has 1 unspecified atom stereocenters. The number of carbonyl (C=O) groups excluding carboxylic acids is 3. The van der Waals surface area contributed by atoms with Crippen molar-refractivity contribution in [3.05, 3.63) is 85.1 Å². The van der Waals surface area contributed by atoms with Crippen molar-refractivity contribution in [2.45, 2.75) is 367 Å². The number of unbranched alkanes of at least 4 members (excludes halogenated alkanes) is 40. The maximum absolute atomic E-state index is 12.9. The molecule has 0 saturated heterocycles. The van der Waals surface area contributed by atoms with Gasteiger partial charge in [-0.25, -0.2) is 0 Å². The zero-order valence-corrected chi connectivity index (χ0v) is 54.5. The zero-order chi connectivity index (χ0) is 59.2. The summed E-state index contributed by atoms with van der Waals surface area (Å²) in [5.41, 5.74) is 0. The lowest BCUT2D eigenvalue weighted by Crippen LogP contribution is -2.30. The molecular formula is C76H134O6. The lowest BCUT2D eigenvalue weighted by atomic mass is 10.0. The summed E-state index contributed by atoms with van der Waals surface area (Å²) in [5, 5.41) is 0. The van der Waals surface area contributed by atoms with Crippen LogP contribution in [0.4, 0.5) is 0 Å². The molecule has 0 N–H and O–H groups in total. The second-order valence-corrected chi connectivity index (χ2v) is 23.8. The van der Waals surface area contributed by atoms with Crippen molar-refractivity contribution in [1.82, 2.24) is 0 Å². The van der Waals surface area contributed by atoms with Crippen molar-refractivity contribution >= 4 is 17.9 Å². The molecule has 6 nitrogen and oxygen atoms in total. The van der Waals surface area contributed by atoms with E-state index in [9.17, 15) is 14.4 Å². The van der Waals surface area contributed by atoms with Crippen molar-refractivity contribution in [2.24, 2.45) is 0 Å². The average Bonchev–Trinajstić information content (AvgIpc) is 3.48. The third-order valence-electron chi connectivity index (χ3n) is 15.6. The van der Waals surface area contributed by atoms with E-state index in [1.165, 1.54) is 212 Å². The summed E-state index contributed by atoms with van der Waals surface area (Å²) in [6.07, 6.45) is 93.4. The van der Waals surface area contributed by atoms with Gasteiger partial charge in [0.25, 0.3) is 0 Å². The summed E-state index contributed by atoms with van der Waals surface area (Å²) < 4.78 is 17.0. The Morgan fingerprint density at radius 1 is 0.256 bits per heavy atom. The van der Waals surface area contributed by atoms with Gasteiger partial charge in [0.1, 0.15) is 13.2 Å². The van der Waals surface area contributed by atoms with Crippen LogP contribution in [0.1, 0.15) is 361 Å². The Kier molecular flexibility index (Phi) is 67.2. The maximum Gasteiger partial charge on any atom is 0.306 e. The normalized spacial score (nSPS) is 12.6. The van der Waals surface area contributed by atoms with Crippen LogP contribution < -0.4 is 0 Å². The Labute approximate surface area is 509 Å². The van der Waals surface area contributed by atoms with Crippen molar-refractivity contribution in [2.75, 3.05) is 13.2 Å². The molecule has 0 bridgehead atoms. The topological polar surface area (TPSA) is 78.9 Å². The summed E-state index contributed by atoms with van der Waals surface area (Å²) in [6.45, 7) is 6.52. The van der Waals surface area contributed by atoms with Gasteiger partial charge >= 0.3 is 17.9 Å². The van der Waals surface area contributed by atoms with Gasteiger partial charge in [0, 0.05) is 19.3 Å². The second-order valence-electron chi connectivity index (χ2n) is 23.8. The van der Waals surface area contributed by atoms with Crippen LogP contribution in [-0.2, 0) is 28.6 Å². The van der Waals surface area contributed by atoms with Gasteiger partial charge < -0.3 is 14.2 Å². The Morgan fingerprint density at radius 2 is 0.488 bits per heavy atom. The molecule has 0 heterocycles. The smallest absolute Gasteiger partial charge is 0.306 e.